The summed E-state index contributed by atoms with van der Waals surface area (Å²) in [5.41, 5.74) is 0.864. The molecule has 0 bridgehead atoms. The van der Waals surface area contributed by atoms with E-state index in [2.05, 4.69) is 0 Å². The smallest absolute Gasteiger partial charge is 0.336 e. The molecule has 0 atom stereocenters. The Bertz CT molecular complexity index is 1010. The van der Waals surface area contributed by atoms with Crippen LogP contribution in [0.1, 0.15) is 11.1 Å². The van der Waals surface area contributed by atoms with E-state index in [1.165, 1.54) is 13.2 Å². The molecule has 0 fully saturated rings. The van der Waals surface area contributed by atoms with E-state index >= 15 is 0 Å². The number of hydrogen-bond acceptors (Lipinski definition) is 5. The summed E-state index contributed by atoms with van der Waals surface area (Å²) in [6.07, 6.45) is -0.0638. The van der Waals surface area contributed by atoms with Crippen LogP contribution >= 0.6 is 23.2 Å². The molecule has 7 heteroatoms. The molecule has 3 rings (SSSR count). The van der Waals surface area contributed by atoms with Crippen molar-refractivity contribution in [2.45, 2.75) is 13.0 Å². The second-order valence-electron chi connectivity index (χ2n) is 5.49. The topological polar surface area (TPSA) is 65.7 Å². The lowest BCUT2D eigenvalue weighted by atomic mass is 10.1. The molecule has 0 unspecified atom stereocenters. The number of benzene rings is 2. The third-order valence-electron chi connectivity index (χ3n) is 3.81. The van der Waals surface area contributed by atoms with Crippen molar-refractivity contribution in [3.05, 3.63) is 74.1 Å². The lowest BCUT2D eigenvalue weighted by Crippen LogP contribution is -2.10. The zero-order chi connectivity index (χ0) is 18.7. The molecule has 0 aliphatic rings. The monoisotopic (exact) mass is 392 g/mol. The first kappa shape index (κ1) is 18.3. The van der Waals surface area contributed by atoms with Gasteiger partial charge >= 0.3 is 11.6 Å². The van der Waals surface area contributed by atoms with Crippen molar-refractivity contribution >= 4 is 40.1 Å². The number of carbonyl (C=O) groups is 1. The van der Waals surface area contributed by atoms with Gasteiger partial charge in [0.25, 0.3) is 0 Å². The predicted octanol–water partition coefficient (Wildman–Crippen LogP) is 4.39. The Morgan fingerprint density at radius 3 is 2.54 bits per heavy atom. The first-order valence-electron chi connectivity index (χ1n) is 7.67. The summed E-state index contributed by atoms with van der Waals surface area (Å²) >= 11 is 12.1. The van der Waals surface area contributed by atoms with E-state index in [9.17, 15) is 9.59 Å². The van der Waals surface area contributed by atoms with E-state index in [0.717, 1.165) is 0 Å². The van der Waals surface area contributed by atoms with Crippen molar-refractivity contribution in [3.63, 3.8) is 0 Å². The lowest BCUT2D eigenvalue weighted by molar-refractivity contribution is -0.144. The summed E-state index contributed by atoms with van der Waals surface area (Å²) in [6.45, 7) is -0.0741. The van der Waals surface area contributed by atoms with Gasteiger partial charge in [0.2, 0.25) is 0 Å². The maximum absolute atomic E-state index is 12.2. The van der Waals surface area contributed by atoms with E-state index in [1.54, 1.807) is 36.4 Å². The average molecular weight is 393 g/mol. The highest BCUT2D eigenvalue weighted by Gasteiger charge is 2.14. The zero-order valence-corrected chi connectivity index (χ0v) is 15.3. The lowest BCUT2D eigenvalue weighted by Gasteiger charge is -2.09. The van der Waals surface area contributed by atoms with Crippen molar-refractivity contribution < 1.29 is 18.7 Å². The van der Waals surface area contributed by atoms with Gasteiger partial charge in [0.15, 0.2) is 0 Å². The summed E-state index contributed by atoms with van der Waals surface area (Å²) in [7, 11) is 1.52. The molecule has 26 heavy (non-hydrogen) atoms. The van der Waals surface area contributed by atoms with Crippen LogP contribution in [0.3, 0.4) is 0 Å². The van der Waals surface area contributed by atoms with Gasteiger partial charge in [-0.3, -0.25) is 4.79 Å². The van der Waals surface area contributed by atoms with Crippen LogP contribution < -0.4 is 10.4 Å². The highest BCUT2D eigenvalue weighted by Crippen LogP contribution is 2.26. The number of rotatable bonds is 5. The molecule has 0 saturated carbocycles. The molecule has 0 radical (unpaired) electrons. The molecule has 0 saturated heterocycles. The van der Waals surface area contributed by atoms with Crippen molar-refractivity contribution in [2.75, 3.05) is 7.11 Å². The van der Waals surface area contributed by atoms with Crippen LogP contribution in [-0.2, 0) is 22.6 Å². The average Bonchev–Trinajstić information content (AvgIpc) is 2.62. The van der Waals surface area contributed by atoms with Gasteiger partial charge in [-0.05, 0) is 24.3 Å². The molecular weight excluding hydrogens is 379 g/mol. The minimum Gasteiger partial charge on any atom is -0.497 e. The van der Waals surface area contributed by atoms with Gasteiger partial charge in [0.1, 0.15) is 17.9 Å². The van der Waals surface area contributed by atoms with Crippen LogP contribution in [0.25, 0.3) is 11.0 Å². The molecule has 0 amide bonds. The van der Waals surface area contributed by atoms with Crippen LogP contribution in [0, 0.1) is 0 Å². The maximum atomic E-state index is 12.2. The van der Waals surface area contributed by atoms with Gasteiger partial charge < -0.3 is 13.9 Å². The standard InChI is InChI=1S/C19H14Cl2O5/c1-24-12-5-6-13-11(7-19(23)26-17(13)8-12)10-25-18(22)9-14-15(20)3-2-4-16(14)21/h2-8H,9-10H2,1H3. The van der Waals surface area contributed by atoms with E-state index in [0.29, 0.717) is 37.9 Å². The first-order valence-corrected chi connectivity index (χ1v) is 8.43. The van der Waals surface area contributed by atoms with E-state index < -0.39 is 11.6 Å². The highest BCUT2D eigenvalue weighted by atomic mass is 35.5. The summed E-state index contributed by atoms with van der Waals surface area (Å²) < 4.78 is 15.6. The fourth-order valence-corrected chi connectivity index (χ4v) is 3.04. The fourth-order valence-electron chi connectivity index (χ4n) is 2.51. The number of esters is 1. The minimum absolute atomic E-state index is 0.0638. The number of hydrogen-bond donors (Lipinski definition) is 0. The van der Waals surface area contributed by atoms with Gasteiger partial charge in [0.05, 0.1) is 13.5 Å². The number of halogens is 2. The predicted molar refractivity (Wildman–Crippen MR) is 99.0 cm³/mol. The molecule has 134 valence electrons. The second kappa shape index (κ2) is 7.81. The quantitative estimate of drug-likeness (QED) is 0.475. The molecule has 0 aliphatic carbocycles. The van der Waals surface area contributed by atoms with Crippen LogP contribution in [0.5, 0.6) is 5.75 Å². The molecule has 5 nitrogen and oxygen atoms in total. The molecule has 0 aliphatic heterocycles. The third kappa shape index (κ3) is 4.00. The highest BCUT2D eigenvalue weighted by molar-refractivity contribution is 6.36. The molecule has 0 N–H and O–H groups in total. The number of fused-ring (bicyclic) bond motifs is 1. The third-order valence-corrected chi connectivity index (χ3v) is 4.52. The van der Waals surface area contributed by atoms with Gasteiger partial charge in [-0.1, -0.05) is 29.3 Å². The fraction of sp³-hybridized carbons (Fsp3) is 0.158. The van der Waals surface area contributed by atoms with Crippen molar-refractivity contribution in [3.8, 4) is 5.75 Å². The van der Waals surface area contributed by atoms with Gasteiger partial charge in [-0.25, -0.2) is 4.79 Å². The van der Waals surface area contributed by atoms with Crippen LogP contribution in [0.2, 0.25) is 10.0 Å². The first-order chi connectivity index (χ1) is 12.5. The van der Waals surface area contributed by atoms with Crippen LogP contribution in [-0.4, -0.2) is 13.1 Å². The Balaban J connectivity index is 1.79. The zero-order valence-electron chi connectivity index (χ0n) is 13.8. The molecule has 1 aromatic heterocycles. The molecule has 3 aromatic rings. The van der Waals surface area contributed by atoms with Crippen LogP contribution in [0.15, 0.2) is 51.7 Å². The Hall–Kier alpha value is -2.50. The molecule has 1 heterocycles. The molecule has 0 spiro atoms. The Kier molecular flexibility index (Phi) is 5.49. The number of carbonyl (C=O) groups excluding carboxylic acids is 1. The van der Waals surface area contributed by atoms with Gasteiger partial charge in [0, 0.05) is 38.7 Å². The molecular formula is C19H14Cl2O5. The largest absolute Gasteiger partial charge is 0.497 e. The summed E-state index contributed by atoms with van der Waals surface area (Å²) in [5, 5.41) is 1.45. The molecule has 2 aromatic carbocycles. The Morgan fingerprint density at radius 1 is 1.12 bits per heavy atom. The van der Waals surface area contributed by atoms with Crippen molar-refractivity contribution in [1.29, 1.82) is 0 Å². The summed E-state index contributed by atoms with van der Waals surface area (Å²) in [6, 6.07) is 11.4. The number of ether oxygens (including phenoxy) is 2. The van der Waals surface area contributed by atoms with Gasteiger partial charge in [-0.15, -0.1) is 0 Å². The van der Waals surface area contributed by atoms with Crippen molar-refractivity contribution in [2.24, 2.45) is 0 Å². The van der Waals surface area contributed by atoms with E-state index in [4.69, 9.17) is 37.1 Å². The Morgan fingerprint density at radius 2 is 1.85 bits per heavy atom. The SMILES string of the molecule is COc1ccc2c(COC(=O)Cc3c(Cl)cccc3Cl)cc(=O)oc2c1. The second-order valence-corrected chi connectivity index (χ2v) is 6.30. The Labute approximate surface area is 159 Å². The maximum Gasteiger partial charge on any atom is 0.336 e. The summed E-state index contributed by atoms with van der Waals surface area (Å²) in [4.78, 5) is 23.9. The van der Waals surface area contributed by atoms with Crippen molar-refractivity contribution in [1.82, 2.24) is 0 Å². The van der Waals surface area contributed by atoms with Crippen LogP contribution in [0.4, 0.5) is 0 Å². The van der Waals surface area contributed by atoms with Gasteiger partial charge in [-0.2, -0.15) is 0 Å². The van der Waals surface area contributed by atoms with E-state index in [-0.39, 0.29) is 13.0 Å². The minimum atomic E-state index is -0.536. The van der Waals surface area contributed by atoms with E-state index in [1.807, 2.05) is 0 Å². The normalized spacial score (nSPS) is 10.7. The number of methoxy groups -OCH3 is 1. The summed E-state index contributed by atoms with van der Waals surface area (Å²) in [5.74, 6) is 0.0538.